The van der Waals surface area contributed by atoms with Gasteiger partial charge in [-0.05, 0) is 6.92 Å². The Morgan fingerprint density at radius 2 is 2.17 bits per heavy atom. The first-order valence-corrected chi connectivity index (χ1v) is 5.82. The Hall–Kier alpha value is -1.95. The molecule has 2 rings (SSSR count). The van der Waals surface area contributed by atoms with Gasteiger partial charge in [-0.25, -0.2) is 15.0 Å². The van der Waals surface area contributed by atoms with Crippen LogP contribution in [0.25, 0.3) is 0 Å². The van der Waals surface area contributed by atoms with Crippen LogP contribution < -0.4 is 10.6 Å². The molecule has 0 aliphatic heterocycles. The van der Waals surface area contributed by atoms with Crippen LogP contribution in [0.2, 0.25) is 0 Å². The lowest BCUT2D eigenvalue weighted by Gasteiger charge is -2.18. The van der Waals surface area contributed by atoms with Crippen molar-refractivity contribution in [1.82, 2.24) is 19.5 Å². The van der Waals surface area contributed by atoms with Crippen molar-refractivity contribution in [3.8, 4) is 0 Å². The van der Waals surface area contributed by atoms with Gasteiger partial charge in [0.15, 0.2) is 0 Å². The Bertz CT molecular complexity index is 533. The molecule has 0 spiro atoms. The van der Waals surface area contributed by atoms with Gasteiger partial charge in [-0.2, -0.15) is 0 Å². The van der Waals surface area contributed by atoms with Crippen LogP contribution in [-0.2, 0) is 20.1 Å². The first-order chi connectivity index (χ1) is 8.60. The predicted octanol–water partition coefficient (Wildman–Crippen LogP) is 0.614. The van der Waals surface area contributed by atoms with E-state index in [2.05, 4.69) is 15.0 Å². The van der Waals surface area contributed by atoms with E-state index < -0.39 is 0 Å². The van der Waals surface area contributed by atoms with Gasteiger partial charge in [-0.3, -0.25) is 0 Å². The van der Waals surface area contributed by atoms with Crippen LogP contribution in [0, 0.1) is 6.92 Å². The monoisotopic (exact) mass is 246 g/mol. The van der Waals surface area contributed by atoms with Crippen molar-refractivity contribution < 1.29 is 0 Å². The number of hydrogen-bond donors (Lipinski definition) is 1. The second-order valence-corrected chi connectivity index (χ2v) is 4.28. The molecular formula is C12H18N6. The van der Waals surface area contributed by atoms with Gasteiger partial charge in [0.1, 0.15) is 17.5 Å². The topological polar surface area (TPSA) is 72.9 Å². The zero-order valence-corrected chi connectivity index (χ0v) is 11.0. The van der Waals surface area contributed by atoms with E-state index in [1.165, 1.54) is 0 Å². The highest BCUT2D eigenvalue weighted by molar-refractivity contribution is 5.39. The summed E-state index contributed by atoms with van der Waals surface area (Å²) in [6.07, 6.45) is 3.72. The van der Waals surface area contributed by atoms with Crippen LogP contribution in [0.1, 0.15) is 17.3 Å². The van der Waals surface area contributed by atoms with E-state index in [1.807, 2.05) is 42.7 Å². The number of rotatable bonds is 4. The molecule has 0 atom stereocenters. The van der Waals surface area contributed by atoms with Gasteiger partial charge in [0.05, 0.1) is 12.2 Å². The van der Waals surface area contributed by atoms with Gasteiger partial charge in [0.25, 0.3) is 0 Å². The van der Waals surface area contributed by atoms with Gasteiger partial charge < -0.3 is 15.2 Å². The van der Waals surface area contributed by atoms with E-state index in [-0.39, 0.29) is 0 Å². The third kappa shape index (κ3) is 2.65. The number of anilines is 1. The molecular weight excluding hydrogens is 228 g/mol. The predicted molar refractivity (Wildman–Crippen MR) is 70.0 cm³/mol. The molecule has 0 aliphatic carbocycles. The lowest BCUT2D eigenvalue weighted by molar-refractivity contribution is 0.750. The van der Waals surface area contributed by atoms with Crippen LogP contribution >= 0.6 is 0 Å². The van der Waals surface area contributed by atoms with Crippen molar-refractivity contribution in [2.75, 3.05) is 11.9 Å². The fourth-order valence-corrected chi connectivity index (χ4v) is 1.75. The van der Waals surface area contributed by atoms with E-state index in [0.717, 1.165) is 23.2 Å². The molecule has 0 bridgehead atoms. The molecule has 2 N–H and O–H groups in total. The summed E-state index contributed by atoms with van der Waals surface area (Å²) in [5, 5.41) is 0. The highest BCUT2D eigenvalue weighted by atomic mass is 15.2. The van der Waals surface area contributed by atoms with Gasteiger partial charge in [0, 0.05) is 39.1 Å². The number of aryl methyl sites for hydroxylation is 2. The minimum atomic E-state index is 0.423. The van der Waals surface area contributed by atoms with Crippen molar-refractivity contribution in [1.29, 1.82) is 0 Å². The van der Waals surface area contributed by atoms with Crippen molar-refractivity contribution >= 4 is 5.82 Å². The SMILES string of the molecule is Cc1nc(CN)cc(N(C)Cc2nccn2C)n1. The maximum absolute atomic E-state index is 5.62. The van der Waals surface area contributed by atoms with Gasteiger partial charge >= 0.3 is 0 Å². The van der Waals surface area contributed by atoms with Crippen LogP contribution in [0.3, 0.4) is 0 Å². The summed E-state index contributed by atoms with van der Waals surface area (Å²) in [6.45, 7) is 2.99. The summed E-state index contributed by atoms with van der Waals surface area (Å²) in [7, 11) is 3.96. The van der Waals surface area contributed by atoms with Crippen LogP contribution in [0.4, 0.5) is 5.82 Å². The molecule has 2 heterocycles. The number of nitrogens with two attached hydrogens (primary N) is 1. The van der Waals surface area contributed by atoms with Crippen molar-refractivity contribution in [2.24, 2.45) is 12.8 Å². The Morgan fingerprint density at radius 1 is 1.39 bits per heavy atom. The van der Waals surface area contributed by atoms with E-state index in [0.29, 0.717) is 13.1 Å². The minimum absolute atomic E-state index is 0.423. The summed E-state index contributed by atoms with van der Waals surface area (Å²) >= 11 is 0. The van der Waals surface area contributed by atoms with Gasteiger partial charge in [0.2, 0.25) is 0 Å². The molecule has 0 radical (unpaired) electrons. The molecule has 2 aromatic heterocycles. The molecule has 0 amide bonds. The third-order valence-corrected chi connectivity index (χ3v) is 2.78. The second kappa shape index (κ2) is 5.14. The van der Waals surface area contributed by atoms with E-state index in [4.69, 9.17) is 5.73 Å². The summed E-state index contributed by atoms with van der Waals surface area (Å²) in [5.41, 5.74) is 6.47. The maximum atomic E-state index is 5.62. The number of hydrogen-bond acceptors (Lipinski definition) is 5. The summed E-state index contributed by atoms with van der Waals surface area (Å²) in [4.78, 5) is 15.0. The summed E-state index contributed by atoms with van der Waals surface area (Å²) in [5.74, 6) is 2.59. The lowest BCUT2D eigenvalue weighted by Crippen LogP contribution is -2.21. The first kappa shape index (κ1) is 12.5. The highest BCUT2D eigenvalue weighted by Gasteiger charge is 2.09. The average Bonchev–Trinajstić information content (AvgIpc) is 2.74. The second-order valence-electron chi connectivity index (χ2n) is 4.28. The Morgan fingerprint density at radius 3 is 2.78 bits per heavy atom. The molecule has 0 aromatic carbocycles. The molecule has 96 valence electrons. The molecule has 0 saturated heterocycles. The molecule has 18 heavy (non-hydrogen) atoms. The van der Waals surface area contributed by atoms with Crippen molar-refractivity contribution in [2.45, 2.75) is 20.0 Å². The molecule has 0 aliphatic rings. The third-order valence-electron chi connectivity index (χ3n) is 2.78. The zero-order valence-electron chi connectivity index (χ0n) is 11.0. The first-order valence-electron chi connectivity index (χ1n) is 5.82. The fourth-order valence-electron chi connectivity index (χ4n) is 1.75. The fraction of sp³-hybridized carbons (Fsp3) is 0.417. The minimum Gasteiger partial charge on any atom is -0.352 e. The van der Waals surface area contributed by atoms with Crippen molar-refractivity contribution in [3.63, 3.8) is 0 Å². The number of aromatic nitrogens is 4. The number of imidazole rings is 1. The largest absolute Gasteiger partial charge is 0.352 e. The maximum Gasteiger partial charge on any atom is 0.132 e. The lowest BCUT2D eigenvalue weighted by atomic mass is 10.3. The zero-order chi connectivity index (χ0) is 13.1. The highest BCUT2D eigenvalue weighted by Crippen LogP contribution is 2.13. The van der Waals surface area contributed by atoms with Gasteiger partial charge in [-0.15, -0.1) is 0 Å². The summed E-state index contributed by atoms with van der Waals surface area (Å²) in [6, 6.07) is 1.91. The van der Waals surface area contributed by atoms with Crippen molar-refractivity contribution in [3.05, 3.63) is 35.8 Å². The average molecular weight is 246 g/mol. The Balaban J connectivity index is 2.20. The molecule has 2 aromatic rings. The molecule has 0 saturated carbocycles. The quantitative estimate of drug-likeness (QED) is 0.856. The van der Waals surface area contributed by atoms with Crippen LogP contribution in [-0.4, -0.2) is 26.6 Å². The van der Waals surface area contributed by atoms with Crippen LogP contribution in [0.5, 0.6) is 0 Å². The number of nitrogens with zero attached hydrogens (tertiary/aromatic N) is 5. The summed E-state index contributed by atoms with van der Waals surface area (Å²) < 4.78 is 1.99. The standard InChI is InChI=1S/C12H18N6/c1-9-15-10(7-13)6-11(16-9)18(3)8-12-14-4-5-17(12)2/h4-6H,7-8,13H2,1-3H3. The van der Waals surface area contributed by atoms with Gasteiger partial charge in [-0.1, -0.05) is 0 Å². The van der Waals surface area contributed by atoms with E-state index in [9.17, 15) is 0 Å². The van der Waals surface area contributed by atoms with Crippen LogP contribution in [0.15, 0.2) is 18.5 Å². The molecule has 6 nitrogen and oxygen atoms in total. The van der Waals surface area contributed by atoms with E-state index >= 15 is 0 Å². The molecule has 6 heteroatoms. The molecule has 0 fully saturated rings. The smallest absolute Gasteiger partial charge is 0.132 e. The normalized spacial score (nSPS) is 10.7. The Labute approximate surface area is 106 Å². The Kier molecular flexibility index (Phi) is 3.57. The molecule has 0 unspecified atom stereocenters. The van der Waals surface area contributed by atoms with E-state index in [1.54, 1.807) is 6.20 Å².